The fourth-order valence-corrected chi connectivity index (χ4v) is 3.26. The summed E-state index contributed by atoms with van der Waals surface area (Å²) in [7, 11) is 1.55. The first-order chi connectivity index (χ1) is 7.10. The van der Waals surface area contributed by atoms with Crippen molar-refractivity contribution in [1.29, 1.82) is 0 Å². The van der Waals surface area contributed by atoms with E-state index in [1.54, 1.807) is 7.05 Å². The van der Waals surface area contributed by atoms with Gasteiger partial charge in [-0.05, 0) is 0 Å². The van der Waals surface area contributed by atoms with E-state index in [1.165, 1.54) is 23.5 Å². The van der Waals surface area contributed by atoms with Crippen LogP contribution in [0.5, 0.6) is 0 Å². The van der Waals surface area contributed by atoms with Gasteiger partial charge in [0.05, 0.1) is 6.61 Å². The van der Waals surface area contributed by atoms with Crippen molar-refractivity contribution in [1.82, 2.24) is 5.32 Å². The summed E-state index contributed by atoms with van der Waals surface area (Å²) in [6.07, 6.45) is -1.60. The van der Waals surface area contributed by atoms with E-state index in [-0.39, 0.29) is 22.7 Å². The molecular formula is C7H12N2O4S2. The minimum atomic E-state index is -1.60. The quantitative estimate of drug-likeness (QED) is 0.374. The fourth-order valence-electron chi connectivity index (χ4n) is 0.908. The number of carbonyl (C=O) groups is 1. The maximum absolute atomic E-state index is 11.1. The molecule has 0 bridgehead atoms. The molecule has 1 amide bonds. The van der Waals surface area contributed by atoms with Crippen molar-refractivity contribution in [3.8, 4) is 0 Å². The Labute approximate surface area is 95.2 Å². The van der Waals surface area contributed by atoms with Crippen LogP contribution in [0.1, 0.15) is 0 Å². The molecule has 0 aromatic rings. The number of nitrogens with one attached hydrogen (secondary N) is 1. The maximum Gasteiger partial charge on any atom is 0.243 e. The lowest BCUT2D eigenvalue weighted by Gasteiger charge is -2.28. The van der Waals surface area contributed by atoms with Crippen LogP contribution in [0.15, 0.2) is 9.81 Å². The van der Waals surface area contributed by atoms with Gasteiger partial charge in [-0.2, -0.15) is 0 Å². The molecule has 1 rings (SSSR count). The normalized spacial score (nSPS) is 20.1. The lowest BCUT2D eigenvalue weighted by atomic mass is 10.3. The predicted octanol–water partition coefficient (Wildman–Crippen LogP) is -1.05. The first-order valence-electron chi connectivity index (χ1n) is 4.06. The minimum absolute atomic E-state index is 0.0620. The van der Waals surface area contributed by atoms with Crippen molar-refractivity contribution in [2.75, 3.05) is 13.7 Å². The first kappa shape index (κ1) is 12.8. The number of hydrogen-bond acceptors (Lipinski definition) is 7. The largest absolute Gasteiger partial charge is 0.364 e. The van der Waals surface area contributed by atoms with Gasteiger partial charge in [0, 0.05) is 16.9 Å². The van der Waals surface area contributed by atoms with E-state index < -0.39 is 6.29 Å². The van der Waals surface area contributed by atoms with Gasteiger partial charge in [-0.15, -0.1) is 0 Å². The van der Waals surface area contributed by atoms with Crippen LogP contribution in [0.2, 0.25) is 0 Å². The molecule has 0 aromatic heterocycles. The molecule has 1 aliphatic heterocycles. The first-order valence-corrected chi connectivity index (χ1v) is 5.81. The van der Waals surface area contributed by atoms with Gasteiger partial charge in [-0.25, -0.2) is 5.90 Å². The zero-order valence-electron chi connectivity index (χ0n) is 7.97. The van der Waals surface area contributed by atoms with Crippen LogP contribution < -0.4 is 11.2 Å². The highest BCUT2D eigenvalue weighted by Crippen LogP contribution is 2.52. The standard InChI is InChI=1S/C7H12N2O4S2/c1-9-4(10)7-14-6(15-7)3(2-13-8)5(11)12/h5,7,11-12H,2,8H2,1H3,(H,9,10). The summed E-state index contributed by atoms with van der Waals surface area (Å²) in [6.45, 7) is -0.0620. The number of rotatable bonds is 4. The zero-order valence-corrected chi connectivity index (χ0v) is 9.60. The van der Waals surface area contributed by atoms with Crippen LogP contribution in [0.4, 0.5) is 0 Å². The summed E-state index contributed by atoms with van der Waals surface area (Å²) in [5.41, 5.74) is 0.285. The van der Waals surface area contributed by atoms with Gasteiger partial charge in [-0.1, -0.05) is 23.5 Å². The van der Waals surface area contributed by atoms with E-state index in [2.05, 4.69) is 10.2 Å². The number of hydrogen-bond donors (Lipinski definition) is 4. The van der Waals surface area contributed by atoms with Gasteiger partial charge < -0.3 is 15.5 Å². The summed E-state index contributed by atoms with van der Waals surface area (Å²) < 4.78 is 0.431. The number of carbonyl (C=O) groups excluding carboxylic acids is 1. The van der Waals surface area contributed by atoms with Crippen LogP contribution in [-0.2, 0) is 9.63 Å². The number of aliphatic hydroxyl groups is 2. The molecule has 6 nitrogen and oxygen atoms in total. The summed E-state index contributed by atoms with van der Waals surface area (Å²) in [5.74, 6) is 4.75. The summed E-state index contributed by atoms with van der Waals surface area (Å²) in [6, 6.07) is 0. The third kappa shape index (κ3) is 3.10. The zero-order chi connectivity index (χ0) is 11.4. The fraction of sp³-hybridized carbons (Fsp3) is 0.571. The molecule has 1 aliphatic rings. The van der Waals surface area contributed by atoms with Crippen LogP contribution in [-0.4, -0.2) is 40.6 Å². The molecule has 0 saturated carbocycles. The summed E-state index contributed by atoms with van der Waals surface area (Å²) in [4.78, 5) is 15.5. The Balaban J connectivity index is 2.58. The topological polar surface area (TPSA) is 105 Å². The van der Waals surface area contributed by atoms with Gasteiger partial charge >= 0.3 is 0 Å². The minimum Gasteiger partial charge on any atom is -0.364 e. The van der Waals surface area contributed by atoms with E-state index >= 15 is 0 Å². The second kappa shape index (κ2) is 5.73. The Kier molecular flexibility index (Phi) is 4.90. The Morgan fingerprint density at radius 2 is 2.27 bits per heavy atom. The Morgan fingerprint density at radius 3 is 2.67 bits per heavy atom. The number of thioether (sulfide) groups is 2. The lowest BCUT2D eigenvalue weighted by molar-refractivity contribution is -0.118. The van der Waals surface area contributed by atoms with E-state index in [0.29, 0.717) is 4.24 Å². The molecule has 0 unspecified atom stereocenters. The van der Waals surface area contributed by atoms with Gasteiger partial charge in [0.1, 0.15) is 4.58 Å². The third-order valence-electron chi connectivity index (χ3n) is 1.70. The van der Waals surface area contributed by atoms with Gasteiger partial charge in [-0.3, -0.25) is 9.63 Å². The number of aliphatic hydroxyl groups excluding tert-OH is 1. The van der Waals surface area contributed by atoms with Gasteiger partial charge in [0.25, 0.3) is 0 Å². The molecule has 1 fully saturated rings. The average Bonchev–Trinajstić information content (AvgIpc) is 2.13. The van der Waals surface area contributed by atoms with Crippen LogP contribution in [0.25, 0.3) is 0 Å². The molecule has 0 aromatic carbocycles. The van der Waals surface area contributed by atoms with E-state index in [4.69, 9.17) is 16.1 Å². The van der Waals surface area contributed by atoms with Gasteiger partial charge in [0.2, 0.25) is 5.91 Å². The van der Waals surface area contributed by atoms with Crippen LogP contribution in [0, 0.1) is 0 Å². The average molecular weight is 252 g/mol. The maximum atomic E-state index is 11.1. The molecule has 0 atom stereocenters. The molecule has 8 heteroatoms. The van der Waals surface area contributed by atoms with Crippen molar-refractivity contribution in [3.05, 3.63) is 9.81 Å². The monoisotopic (exact) mass is 252 g/mol. The molecular weight excluding hydrogens is 240 g/mol. The SMILES string of the molecule is CNC(=O)C1SC(=C(CON)C(O)O)S1. The van der Waals surface area contributed by atoms with Gasteiger partial charge in [0.15, 0.2) is 6.29 Å². The lowest BCUT2D eigenvalue weighted by Crippen LogP contribution is -2.32. The van der Waals surface area contributed by atoms with Crippen LogP contribution in [0.3, 0.4) is 0 Å². The Hall–Kier alpha value is -0.250. The van der Waals surface area contributed by atoms with E-state index in [9.17, 15) is 4.79 Å². The van der Waals surface area contributed by atoms with Crippen LogP contribution >= 0.6 is 23.5 Å². The summed E-state index contributed by atoms with van der Waals surface area (Å²) >= 11 is 2.52. The van der Waals surface area contributed by atoms with Crippen molar-refractivity contribution in [3.63, 3.8) is 0 Å². The predicted molar refractivity (Wildman–Crippen MR) is 58.4 cm³/mol. The molecule has 5 N–H and O–H groups in total. The molecule has 0 aliphatic carbocycles. The highest BCUT2D eigenvalue weighted by atomic mass is 32.3. The summed E-state index contributed by atoms with van der Waals surface area (Å²) in [5, 5.41) is 20.5. The Morgan fingerprint density at radius 1 is 1.67 bits per heavy atom. The second-order valence-electron chi connectivity index (χ2n) is 2.68. The smallest absolute Gasteiger partial charge is 0.243 e. The van der Waals surface area contributed by atoms with Crippen molar-refractivity contribution >= 4 is 29.4 Å². The number of nitrogens with two attached hydrogens (primary N) is 1. The highest BCUT2D eigenvalue weighted by molar-refractivity contribution is 8.39. The molecule has 0 spiro atoms. The third-order valence-corrected chi connectivity index (χ3v) is 4.66. The van der Waals surface area contributed by atoms with E-state index in [1.807, 2.05) is 0 Å². The molecule has 15 heavy (non-hydrogen) atoms. The van der Waals surface area contributed by atoms with E-state index in [0.717, 1.165) is 0 Å². The molecule has 0 radical (unpaired) electrons. The molecule has 1 saturated heterocycles. The molecule has 86 valence electrons. The van der Waals surface area contributed by atoms with Crippen molar-refractivity contribution in [2.45, 2.75) is 10.9 Å². The molecule has 1 heterocycles. The highest BCUT2D eigenvalue weighted by Gasteiger charge is 2.34. The second-order valence-corrected chi connectivity index (χ2v) is 5.47. The number of amides is 1. The Bertz CT molecular complexity index is 274. The van der Waals surface area contributed by atoms with Crippen molar-refractivity contribution < 1.29 is 19.8 Å². The van der Waals surface area contributed by atoms with Crippen molar-refractivity contribution in [2.24, 2.45) is 5.90 Å².